The van der Waals surface area contributed by atoms with Crippen molar-refractivity contribution in [2.45, 2.75) is 38.5 Å². The normalized spacial score (nSPS) is 24.2. The number of aromatic nitrogens is 2. The highest BCUT2D eigenvalue weighted by atomic mass is 35.5. The van der Waals surface area contributed by atoms with Gasteiger partial charge in [0, 0.05) is 19.6 Å². The molecule has 0 saturated carbocycles. The molecule has 6 heteroatoms. The fraction of sp³-hybridized carbons (Fsp3) is 0.786. The summed E-state index contributed by atoms with van der Waals surface area (Å²) in [5, 5.41) is 8.48. The number of hydrogen-bond donors (Lipinski definition) is 1. The second-order valence-corrected chi connectivity index (χ2v) is 5.54. The molecule has 20 heavy (non-hydrogen) atoms. The molecule has 0 spiro atoms. The van der Waals surface area contributed by atoms with Crippen LogP contribution >= 0.6 is 11.6 Å². The first kappa shape index (κ1) is 15.8. The molecule has 5 nitrogen and oxygen atoms in total. The van der Waals surface area contributed by atoms with E-state index in [1.807, 2.05) is 11.7 Å². The van der Waals surface area contributed by atoms with E-state index in [1.165, 1.54) is 0 Å². The van der Waals surface area contributed by atoms with Gasteiger partial charge in [0.2, 0.25) is 0 Å². The molecule has 1 aromatic rings. The Kier molecular flexibility index (Phi) is 5.84. The standard InChI is InChI=1S/C14H24ClN3O2/c1-4-12-10(5-7-20-12)13(16-2)14-11(15)9-17-18(14)6-8-19-3/h9-10,12-13,16H,4-8H2,1-3H3. The molecule has 0 radical (unpaired) electrons. The smallest absolute Gasteiger partial charge is 0.0834 e. The average Bonchev–Trinajstić information content (AvgIpc) is 3.06. The van der Waals surface area contributed by atoms with E-state index in [9.17, 15) is 0 Å². The van der Waals surface area contributed by atoms with Gasteiger partial charge in [-0.05, 0) is 19.9 Å². The van der Waals surface area contributed by atoms with Crippen molar-refractivity contribution < 1.29 is 9.47 Å². The van der Waals surface area contributed by atoms with Crippen molar-refractivity contribution in [2.24, 2.45) is 5.92 Å². The molecular weight excluding hydrogens is 278 g/mol. The predicted octanol–water partition coefficient (Wildman–Crippen LogP) is 2.26. The molecular formula is C14H24ClN3O2. The van der Waals surface area contributed by atoms with Gasteiger partial charge in [-0.25, -0.2) is 0 Å². The van der Waals surface area contributed by atoms with E-state index >= 15 is 0 Å². The number of methoxy groups -OCH3 is 1. The largest absolute Gasteiger partial charge is 0.383 e. The molecule has 0 aliphatic carbocycles. The maximum absolute atomic E-state index is 6.36. The summed E-state index contributed by atoms with van der Waals surface area (Å²) in [5.74, 6) is 0.431. The highest BCUT2D eigenvalue weighted by molar-refractivity contribution is 6.31. The summed E-state index contributed by atoms with van der Waals surface area (Å²) in [6.45, 7) is 4.33. The number of halogens is 1. The first-order chi connectivity index (χ1) is 9.72. The third kappa shape index (κ3) is 3.17. The molecule has 0 aromatic carbocycles. The number of ether oxygens (including phenoxy) is 2. The predicted molar refractivity (Wildman–Crippen MR) is 79.1 cm³/mol. The van der Waals surface area contributed by atoms with Gasteiger partial charge < -0.3 is 14.8 Å². The number of hydrogen-bond acceptors (Lipinski definition) is 4. The zero-order chi connectivity index (χ0) is 14.5. The van der Waals surface area contributed by atoms with E-state index in [-0.39, 0.29) is 12.1 Å². The lowest BCUT2D eigenvalue weighted by Gasteiger charge is -2.27. The molecule has 1 saturated heterocycles. The van der Waals surface area contributed by atoms with Crippen LogP contribution in [0.1, 0.15) is 31.5 Å². The molecule has 3 atom stereocenters. The van der Waals surface area contributed by atoms with Gasteiger partial charge in [-0.1, -0.05) is 18.5 Å². The summed E-state index contributed by atoms with van der Waals surface area (Å²) in [4.78, 5) is 0. The first-order valence-corrected chi connectivity index (χ1v) is 7.59. The summed E-state index contributed by atoms with van der Waals surface area (Å²) in [5.41, 5.74) is 1.04. The molecule has 2 rings (SSSR count). The highest BCUT2D eigenvalue weighted by Gasteiger charge is 2.36. The summed E-state index contributed by atoms with van der Waals surface area (Å²) in [6, 6.07) is 0.161. The van der Waals surface area contributed by atoms with Crippen LogP contribution in [0.3, 0.4) is 0 Å². The third-order valence-corrected chi connectivity index (χ3v) is 4.33. The van der Waals surface area contributed by atoms with E-state index in [0.29, 0.717) is 24.1 Å². The molecule has 1 aliphatic rings. The molecule has 1 aliphatic heterocycles. The lowest BCUT2D eigenvalue weighted by atomic mass is 9.89. The highest BCUT2D eigenvalue weighted by Crippen LogP contribution is 2.37. The van der Waals surface area contributed by atoms with E-state index in [1.54, 1.807) is 13.3 Å². The Morgan fingerprint density at radius 2 is 2.45 bits per heavy atom. The van der Waals surface area contributed by atoms with Crippen LogP contribution in [-0.2, 0) is 16.0 Å². The maximum atomic E-state index is 6.36. The van der Waals surface area contributed by atoms with E-state index in [0.717, 1.165) is 25.1 Å². The van der Waals surface area contributed by atoms with E-state index in [2.05, 4.69) is 17.3 Å². The molecule has 1 N–H and O–H groups in total. The van der Waals surface area contributed by atoms with Crippen molar-refractivity contribution in [1.82, 2.24) is 15.1 Å². The second kappa shape index (κ2) is 7.41. The quantitative estimate of drug-likeness (QED) is 0.839. The van der Waals surface area contributed by atoms with Crippen LogP contribution < -0.4 is 5.32 Å². The lowest BCUT2D eigenvalue weighted by Crippen LogP contribution is -2.33. The summed E-state index contributed by atoms with van der Waals surface area (Å²) in [6.07, 6.45) is 4.07. The van der Waals surface area contributed by atoms with Crippen LogP contribution in [0.15, 0.2) is 6.20 Å². The molecule has 0 bridgehead atoms. The zero-order valence-corrected chi connectivity index (χ0v) is 13.2. The van der Waals surface area contributed by atoms with Crippen LogP contribution in [0.4, 0.5) is 0 Å². The third-order valence-electron chi connectivity index (χ3n) is 4.04. The SMILES string of the molecule is CCC1OCCC1C(NC)c1c(Cl)cnn1CCOC. The van der Waals surface area contributed by atoms with Gasteiger partial charge in [0.15, 0.2) is 0 Å². The minimum atomic E-state index is 0.161. The van der Waals surface area contributed by atoms with Gasteiger partial charge in [-0.3, -0.25) is 4.68 Å². The molecule has 0 amide bonds. The fourth-order valence-electron chi connectivity index (χ4n) is 3.06. The maximum Gasteiger partial charge on any atom is 0.0834 e. The average molecular weight is 302 g/mol. The van der Waals surface area contributed by atoms with E-state index < -0.39 is 0 Å². The summed E-state index contributed by atoms with van der Waals surface area (Å²) in [7, 11) is 3.66. The van der Waals surface area contributed by atoms with Gasteiger partial charge in [-0.15, -0.1) is 0 Å². The van der Waals surface area contributed by atoms with Gasteiger partial charge in [0.05, 0.1) is 42.2 Å². The Balaban J connectivity index is 2.24. The fourth-order valence-corrected chi connectivity index (χ4v) is 3.32. The monoisotopic (exact) mass is 301 g/mol. The Labute approximate surface area is 125 Å². The second-order valence-electron chi connectivity index (χ2n) is 5.13. The summed E-state index contributed by atoms with van der Waals surface area (Å²) < 4.78 is 12.9. The van der Waals surface area contributed by atoms with Crippen molar-refractivity contribution in [1.29, 1.82) is 0 Å². The van der Waals surface area contributed by atoms with Crippen molar-refractivity contribution >= 4 is 11.6 Å². The topological polar surface area (TPSA) is 48.3 Å². The van der Waals surface area contributed by atoms with Crippen LogP contribution in [0.25, 0.3) is 0 Å². The Morgan fingerprint density at radius 1 is 1.65 bits per heavy atom. The van der Waals surface area contributed by atoms with Crippen molar-refractivity contribution in [3.05, 3.63) is 16.9 Å². The van der Waals surface area contributed by atoms with Crippen LogP contribution in [0.2, 0.25) is 5.02 Å². The Hall–Kier alpha value is -0.620. The molecule has 1 aromatic heterocycles. The Morgan fingerprint density at radius 3 is 3.10 bits per heavy atom. The number of nitrogens with zero attached hydrogens (tertiary/aromatic N) is 2. The number of rotatable bonds is 7. The van der Waals surface area contributed by atoms with Gasteiger partial charge in [0.1, 0.15) is 0 Å². The van der Waals surface area contributed by atoms with Crippen LogP contribution in [0, 0.1) is 5.92 Å². The van der Waals surface area contributed by atoms with Gasteiger partial charge in [-0.2, -0.15) is 5.10 Å². The molecule has 2 heterocycles. The lowest BCUT2D eigenvalue weighted by molar-refractivity contribution is 0.0770. The van der Waals surface area contributed by atoms with Gasteiger partial charge in [0.25, 0.3) is 0 Å². The molecule has 1 fully saturated rings. The molecule has 114 valence electrons. The summed E-state index contributed by atoms with van der Waals surface area (Å²) >= 11 is 6.36. The van der Waals surface area contributed by atoms with Crippen LogP contribution in [-0.4, -0.2) is 43.3 Å². The first-order valence-electron chi connectivity index (χ1n) is 7.21. The van der Waals surface area contributed by atoms with Crippen LogP contribution in [0.5, 0.6) is 0 Å². The number of nitrogens with one attached hydrogen (secondary N) is 1. The Bertz CT molecular complexity index is 425. The molecule has 3 unspecified atom stereocenters. The van der Waals surface area contributed by atoms with Crippen molar-refractivity contribution in [3.8, 4) is 0 Å². The van der Waals surface area contributed by atoms with Crippen molar-refractivity contribution in [2.75, 3.05) is 27.4 Å². The van der Waals surface area contributed by atoms with Gasteiger partial charge >= 0.3 is 0 Å². The minimum absolute atomic E-state index is 0.161. The zero-order valence-electron chi connectivity index (χ0n) is 12.4. The van der Waals surface area contributed by atoms with Crippen molar-refractivity contribution in [3.63, 3.8) is 0 Å². The van der Waals surface area contributed by atoms with E-state index in [4.69, 9.17) is 21.1 Å². The minimum Gasteiger partial charge on any atom is -0.383 e.